The fourth-order valence-corrected chi connectivity index (χ4v) is 6.50. The van der Waals surface area contributed by atoms with Crippen molar-refractivity contribution in [2.24, 2.45) is 0 Å². The van der Waals surface area contributed by atoms with Crippen molar-refractivity contribution in [3.63, 3.8) is 0 Å². The molecule has 3 fully saturated rings. The van der Waals surface area contributed by atoms with E-state index in [1.54, 1.807) is 0 Å². The number of carbonyl (C=O) groups excluding carboxylic acids is 1. The molecule has 4 heterocycles. The molecule has 11 heteroatoms. The van der Waals surface area contributed by atoms with Crippen LogP contribution in [0.25, 0.3) is 11.2 Å². The number of fused-ring (bicyclic) bond motifs is 1. The molecular formula is C35H50N6O5. The van der Waals surface area contributed by atoms with Crippen LogP contribution in [0.15, 0.2) is 30.6 Å². The molecule has 11 nitrogen and oxygen atoms in total. The third-order valence-electron chi connectivity index (χ3n) is 9.13. The van der Waals surface area contributed by atoms with Crippen LogP contribution in [-0.2, 0) is 19.0 Å². The largest absolute Gasteiger partial charge is 0.494 e. The Labute approximate surface area is 272 Å². The van der Waals surface area contributed by atoms with Crippen LogP contribution in [0.1, 0.15) is 109 Å². The average molecular weight is 635 g/mol. The fraction of sp³-hybridized carbons (Fsp3) is 0.657. The number of nitrogens with zero attached hydrogens (tertiary/aromatic N) is 4. The first-order chi connectivity index (χ1) is 22.7. The predicted molar refractivity (Wildman–Crippen MR) is 178 cm³/mol. The molecule has 0 spiro atoms. The van der Waals surface area contributed by atoms with Crippen molar-refractivity contribution >= 4 is 34.4 Å². The molecule has 2 aliphatic heterocycles. The zero-order valence-corrected chi connectivity index (χ0v) is 27.1. The molecule has 250 valence electrons. The molecule has 2 aromatic heterocycles. The number of rotatable bonds is 16. The molecular weight excluding hydrogens is 584 g/mol. The molecule has 0 radical (unpaired) electrons. The molecule has 1 saturated carbocycles. The number of unbranched alkanes of at least 4 members (excludes halogenated alkanes) is 3. The number of anilines is 3. The van der Waals surface area contributed by atoms with Gasteiger partial charge in [-0.2, -0.15) is 9.97 Å². The number of carbonyl (C=O) groups is 1. The number of aromatic nitrogens is 4. The molecule has 3 aromatic rings. The summed E-state index contributed by atoms with van der Waals surface area (Å²) in [5, 5.41) is 7.09. The van der Waals surface area contributed by atoms with Crippen LogP contribution in [0, 0.1) is 0 Å². The Hall–Kier alpha value is -3.28. The number of imidazole rings is 1. The highest BCUT2D eigenvalue weighted by atomic mass is 16.7. The van der Waals surface area contributed by atoms with Gasteiger partial charge in [0.05, 0.1) is 12.9 Å². The number of ether oxygens (including phenoxy) is 4. The lowest BCUT2D eigenvalue weighted by Crippen LogP contribution is -2.25. The SMILES string of the molecule is O=C(CCCCCCOc1ccc(Nc2nc(NC3CCCCC3)c3ncn(C4CCCCO4)c3n2)cc1)COC1CCCCO1. The summed E-state index contributed by atoms with van der Waals surface area (Å²) in [4.78, 5) is 26.6. The Balaban J connectivity index is 0.971. The Kier molecular flexibility index (Phi) is 12.1. The van der Waals surface area contributed by atoms with Crippen LogP contribution < -0.4 is 15.4 Å². The third-order valence-corrected chi connectivity index (χ3v) is 9.13. The van der Waals surface area contributed by atoms with Gasteiger partial charge in [-0.1, -0.05) is 32.1 Å². The van der Waals surface area contributed by atoms with Crippen molar-refractivity contribution < 1.29 is 23.7 Å². The van der Waals surface area contributed by atoms with E-state index in [4.69, 9.17) is 33.9 Å². The summed E-state index contributed by atoms with van der Waals surface area (Å²) in [7, 11) is 0. The maximum atomic E-state index is 12.1. The van der Waals surface area contributed by atoms with Gasteiger partial charge in [-0.3, -0.25) is 9.36 Å². The van der Waals surface area contributed by atoms with E-state index < -0.39 is 0 Å². The van der Waals surface area contributed by atoms with Crippen molar-refractivity contribution in [1.82, 2.24) is 19.5 Å². The highest BCUT2D eigenvalue weighted by Crippen LogP contribution is 2.31. The van der Waals surface area contributed by atoms with Crippen molar-refractivity contribution in [2.45, 2.75) is 121 Å². The standard InChI is InChI=1S/C35H50N6O5/c42-28(24-46-31-16-8-11-23-45-31)14-6-1-2-9-21-43-29-19-17-27(18-20-29)38-35-39-33(37-26-12-4-3-5-13-26)32-34(40-35)41(25-36-32)30-15-7-10-22-44-30/h17-20,25-26,30-31H,1-16,21-24H2,(H2,37,38,39,40). The predicted octanol–water partition coefficient (Wildman–Crippen LogP) is 7.46. The normalized spacial score (nSPS) is 20.9. The van der Waals surface area contributed by atoms with Crippen molar-refractivity contribution in [2.75, 3.05) is 37.1 Å². The summed E-state index contributed by atoms with van der Waals surface area (Å²) >= 11 is 0. The summed E-state index contributed by atoms with van der Waals surface area (Å²) < 4.78 is 25.2. The minimum absolute atomic E-state index is 0.0518. The van der Waals surface area contributed by atoms with Gasteiger partial charge in [0.15, 0.2) is 29.1 Å². The monoisotopic (exact) mass is 634 g/mol. The number of hydrogen-bond acceptors (Lipinski definition) is 10. The molecule has 6 rings (SSSR count). The van der Waals surface area contributed by atoms with Crippen molar-refractivity contribution in [3.05, 3.63) is 30.6 Å². The molecule has 3 aliphatic rings. The van der Waals surface area contributed by atoms with Crippen LogP contribution >= 0.6 is 0 Å². The second-order valence-corrected chi connectivity index (χ2v) is 12.8. The summed E-state index contributed by atoms with van der Waals surface area (Å²) in [5.74, 6) is 2.29. The highest BCUT2D eigenvalue weighted by molar-refractivity contribution is 5.85. The molecule has 0 bridgehead atoms. The minimum Gasteiger partial charge on any atom is -0.494 e. The first-order valence-corrected chi connectivity index (χ1v) is 17.6. The number of Topliss-reactive ketones (excluding diaryl/α,β-unsaturated/α-hetero) is 1. The van der Waals surface area contributed by atoms with Gasteiger partial charge in [-0.25, -0.2) is 4.98 Å². The van der Waals surface area contributed by atoms with E-state index >= 15 is 0 Å². The molecule has 2 atom stereocenters. The molecule has 2 N–H and O–H groups in total. The van der Waals surface area contributed by atoms with Crippen LogP contribution in [0.4, 0.5) is 17.5 Å². The maximum absolute atomic E-state index is 12.1. The van der Waals surface area contributed by atoms with E-state index in [1.807, 2.05) is 30.6 Å². The molecule has 2 saturated heterocycles. The summed E-state index contributed by atoms with van der Waals surface area (Å²) in [5.41, 5.74) is 2.47. The Morgan fingerprint density at radius 2 is 1.65 bits per heavy atom. The molecule has 1 aromatic carbocycles. The smallest absolute Gasteiger partial charge is 0.231 e. The van der Waals surface area contributed by atoms with E-state index in [0.717, 1.165) is 119 Å². The Morgan fingerprint density at radius 3 is 2.43 bits per heavy atom. The van der Waals surface area contributed by atoms with E-state index in [1.165, 1.54) is 19.3 Å². The van der Waals surface area contributed by atoms with E-state index in [9.17, 15) is 4.79 Å². The van der Waals surface area contributed by atoms with Gasteiger partial charge >= 0.3 is 0 Å². The first kappa shape index (κ1) is 32.7. The lowest BCUT2D eigenvalue weighted by atomic mass is 9.95. The summed E-state index contributed by atoms with van der Waals surface area (Å²) in [6.07, 6.45) is 18.4. The average Bonchev–Trinajstić information content (AvgIpc) is 3.53. The van der Waals surface area contributed by atoms with Gasteiger partial charge in [0.2, 0.25) is 5.95 Å². The fourth-order valence-electron chi connectivity index (χ4n) is 6.50. The van der Waals surface area contributed by atoms with Gasteiger partial charge in [-0.15, -0.1) is 0 Å². The summed E-state index contributed by atoms with van der Waals surface area (Å²) in [6.45, 7) is 2.30. The lowest BCUT2D eigenvalue weighted by Gasteiger charge is -2.25. The van der Waals surface area contributed by atoms with Crippen molar-refractivity contribution in [3.8, 4) is 5.75 Å². The van der Waals surface area contributed by atoms with Gasteiger partial charge in [0.25, 0.3) is 0 Å². The molecule has 0 amide bonds. The molecule has 1 aliphatic carbocycles. The number of benzene rings is 1. The second-order valence-electron chi connectivity index (χ2n) is 12.8. The Bertz CT molecular complexity index is 1360. The van der Waals surface area contributed by atoms with Crippen LogP contribution in [0.5, 0.6) is 5.75 Å². The zero-order valence-electron chi connectivity index (χ0n) is 27.1. The molecule has 46 heavy (non-hydrogen) atoms. The first-order valence-electron chi connectivity index (χ1n) is 17.6. The van der Waals surface area contributed by atoms with Crippen LogP contribution in [0.3, 0.4) is 0 Å². The zero-order chi connectivity index (χ0) is 31.4. The van der Waals surface area contributed by atoms with Gasteiger partial charge in [0.1, 0.15) is 18.6 Å². The van der Waals surface area contributed by atoms with E-state index in [-0.39, 0.29) is 24.9 Å². The number of nitrogens with one attached hydrogen (secondary N) is 2. The maximum Gasteiger partial charge on any atom is 0.231 e. The van der Waals surface area contributed by atoms with E-state index in [0.29, 0.717) is 25.0 Å². The van der Waals surface area contributed by atoms with E-state index in [2.05, 4.69) is 15.2 Å². The summed E-state index contributed by atoms with van der Waals surface area (Å²) in [6, 6.07) is 8.32. The second kappa shape index (κ2) is 17.0. The minimum atomic E-state index is -0.198. The van der Waals surface area contributed by atoms with Gasteiger partial charge < -0.3 is 29.6 Å². The highest BCUT2D eigenvalue weighted by Gasteiger charge is 2.23. The van der Waals surface area contributed by atoms with Crippen LogP contribution in [-0.4, -0.2) is 64.1 Å². The Morgan fingerprint density at radius 1 is 0.870 bits per heavy atom. The number of hydrogen-bond donors (Lipinski definition) is 2. The van der Waals surface area contributed by atoms with Gasteiger partial charge in [0, 0.05) is 31.4 Å². The topological polar surface area (TPSA) is 122 Å². The lowest BCUT2D eigenvalue weighted by molar-refractivity contribution is -0.169. The van der Waals surface area contributed by atoms with Crippen LogP contribution in [0.2, 0.25) is 0 Å². The number of ketones is 1. The quantitative estimate of drug-likeness (QED) is 0.154. The van der Waals surface area contributed by atoms with Gasteiger partial charge in [-0.05, 0) is 88.5 Å². The molecule has 2 unspecified atom stereocenters. The van der Waals surface area contributed by atoms with Crippen molar-refractivity contribution in [1.29, 1.82) is 0 Å². The third kappa shape index (κ3) is 9.39.